The van der Waals surface area contributed by atoms with E-state index in [4.69, 9.17) is 14.9 Å². The molecule has 1 atom stereocenters. The lowest BCUT2D eigenvalue weighted by molar-refractivity contribution is 0.162. The van der Waals surface area contributed by atoms with Gasteiger partial charge in [-0.25, -0.2) is 0 Å². The first-order valence-electron chi connectivity index (χ1n) is 6.22. The molecule has 2 aromatic heterocycles. The lowest BCUT2D eigenvalue weighted by atomic mass is 10.1. The molecule has 1 aliphatic carbocycles. The molecule has 2 heterocycles. The van der Waals surface area contributed by atoms with E-state index in [0.717, 1.165) is 11.5 Å². The zero-order chi connectivity index (χ0) is 12.5. The molecule has 0 radical (unpaired) electrons. The predicted molar refractivity (Wildman–Crippen MR) is 71.8 cm³/mol. The van der Waals surface area contributed by atoms with Crippen molar-refractivity contribution >= 4 is 11.3 Å². The van der Waals surface area contributed by atoms with Crippen molar-refractivity contribution in [3.8, 4) is 0 Å². The van der Waals surface area contributed by atoms with Gasteiger partial charge in [-0.15, -0.1) is 11.3 Å². The van der Waals surface area contributed by atoms with Crippen molar-refractivity contribution in [3.05, 3.63) is 45.0 Å². The van der Waals surface area contributed by atoms with Crippen LogP contribution in [0.25, 0.3) is 0 Å². The number of furan rings is 1. The van der Waals surface area contributed by atoms with E-state index in [1.54, 1.807) is 7.11 Å². The molecule has 1 aliphatic rings. The average Bonchev–Trinajstić information content (AvgIpc) is 3.02. The second-order valence-corrected chi connectivity index (χ2v) is 5.83. The van der Waals surface area contributed by atoms with Crippen molar-refractivity contribution in [3.63, 3.8) is 0 Å². The number of ether oxygens (including phenoxy) is 1. The largest absolute Gasteiger partial charge is 0.462 e. The van der Waals surface area contributed by atoms with Gasteiger partial charge in [0.2, 0.25) is 0 Å². The van der Waals surface area contributed by atoms with Crippen molar-refractivity contribution in [1.29, 1.82) is 0 Å². The van der Waals surface area contributed by atoms with E-state index in [-0.39, 0.29) is 6.04 Å². The molecule has 2 aromatic rings. The first-order chi connectivity index (χ1) is 8.78. The van der Waals surface area contributed by atoms with Gasteiger partial charge in [-0.05, 0) is 43.0 Å². The number of thiophene rings is 1. The Bertz CT molecular complexity index is 522. The van der Waals surface area contributed by atoms with E-state index in [9.17, 15) is 0 Å². The minimum Gasteiger partial charge on any atom is -0.462 e. The van der Waals surface area contributed by atoms with Crippen LogP contribution >= 0.6 is 11.3 Å². The third-order valence-electron chi connectivity index (χ3n) is 3.35. The summed E-state index contributed by atoms with van der Waals surface area (Å²) in [5.41, 5.74) is 7.74. The molecular formula is C14H17NO2S. The fourth-order valence-corrected chi connectivity index (χ4v) is 3.69. The summed E-state index contributed by atoms with van der Waals surface area (Å²) in [4.78, 5) is 2.71. The summed E-state index contributed by atoms with van der Waals surface area (Å²) in [6.45, 7) is 0.494. The lowest BCUT2D eigenvalue weighted by Crippen LogP contribution is -2.09. The SMILES string of the molecule is COCc1ccc(C(N)c2cc3c(s2)CCC3)o1. The van der Waals surface area contributed by atoms with E-state index >= 15 is 0 Å². The molecule has 3 nitrogen and oxygen atoms in total. The smallest absolute Gasteiger partial charge is 0.129 e. The van der Waals surface area contributed by atoms with Crippen LogP contribution < -0.4 is 5.73 Å². The molecule has 0 spiro atoms. The second-order valence-electron chi connectivity index (χ2n) is 4.67. The molecule has 3 rings (SSSR count). The Morgan fingerprint density at radius 1 is 1.44 bits per heavy atom. The summed E-state index contributed by atoms with van der Waals surface area (Å²) in [6, 6.07) is 5.98. The maximum absolute atomic E-state index is 6.26. The molecule has 2 N–H and O–H groups in total. The monoisotopic (exact) mass is 263 g/mol. The highest BCUT2D eigenvalue weighted by atomic mass is 32.1. The van der Waals surface area contributed by atoms with Crippen LogP contribution in [0.1, 0.15) is 39.3 Å². The maximum atomic E-state index is 6.26. The van der Waals surface area contributed by atoms with Crippen molar-refractivity contribution in [2.45, 2.75) is 31.9 Å². The van der Waals surface area contributed by atoms with Gasteiger partial charge in [0.1, 0.15) is 18.1 Å². The van der Waals surface area contributed by atoms with Crippen LogP contribution in [0.15, 0.2) is 22.6 Å². The molecule has 0 amide bonds. The molecule has 0 fully saturated rings. The summed E-state index contributed by atoms with van der Waals surface area (Å²) >= 11 is 1.83. The Kier molecular flexibility index (Phi) is 3.24. The molecule has 0 saturated heterocycles. The fourth-order valence-electron chi connectivity index (χ4n) is 2.43. The van der Waals surface area contributed by atoms with Crippen molar-refractivity contribution in [2.24, 2.45) is 5.73 Å². The molecule has 0 aliphatic heterocycles. The second kappa shape index (κ2) is 4.88. The van der Waals surface area contributed by atoms with Gasteiger partial charge < -0.3 is 14.9 Å². The topological polar surface area (TPSA) is 48.4 Å². The highest BCUT2D eigenvalue weighted by Gasteiger charge is 2.20. The van der Waals surface area contributed by atoms with E-state index in [2.05, 4.69) is 6.07 Å². The first-order valence-corrected chi connectivity index (χ1v) is 7.04. The van der Waals surface area contributed by atoms with E-state index in [1.807, 2.05) is 23.5 Å². The Labute approximate surface area is 111 Å². The van der Waals surface area contributed by atoms with Gasteiger partial charge in [0.15, 0.2) is 0 Å². The summed E-state index contributed by atoms with van der Waals surface area (Å²) in [6.07, 6.45) is 3.70. The zero-order valence-corrected chi connectivity index (χ0v) is 11.3. The Morgan fingerprint density at radius 2 is 2.33 bits per heavy atom. The van der Waals surface area contributed by atoms with Gasteiger partial charge in [0.25, 0.3) is 0 Å². The first kappa shape index (κ1) is 12.0. The van der Waals surface area contributed by atoms with Gasteiger partial charge in [0, 0.05) is 16.9 Å². The van der Waals surface area contributed by atoms with Gasteiger partial charge in [-0.3, -0.25) is 0 Å². The third kappa shape index (κ3) is 2.11. The number of hydrogen-bond acceptors (Lipinski definition) is 4. The molecule has 18 heavy (non-hydrogen) atoms. The van der Waals surface area contributed by atoms with Crippen LogP contribution in [0, 0.1) is 0 Å². The van der Waals surface area contributed by atoms with E-state index in [0.29, 0.717) is 6.61 Å². The van der Waals surface area contributed by atoms with Crippen LogP contribution in [0.5, 0.6) is 0 Å². The molecule has 0 aromatic carbocycles. The lowest BCUT2D eigenvalue weighted by Gasteiger charge is -2.06. The van der Waals surface area contributed by atoms with Crippen LogP contribution in [-0.2, 0) is 24.2 Å². The molecule has 0 bridgehead atoms. The molecule has 96 valence electrons. The predicted octanol–water partition coefficient (Wildman–Crippen LogP) is 3.02. The van der Waals surface area contributed by atoms with Crippen molar-refractivity contribution in [2.75, 3.05) is 7.11 Å². The van der Waals surface area contributed by atoms with Crippen molar-refractivity contribution < 1.29 is 9.15 Å². The molecular weight excluding hydrogens is 246 g/mol. The number of hydrogen-bond donors (Lipinski definition) is 1. The minimum absolute atomic E-state index is 0.147. The van der Waals surface area contributed by atoms with E-state index < -0.39 is 0 Å². The quantitative estimate of drug-likeness (QED) is 0.922. The zero-order valence-electron chi connectivity index (χ0n) is 10.4. The minimum atomic E-state index is -0.147. The number of nitrogens with two attached hydrogens (primary N) is 1. The van der Waals surface area contributed by atoms with Crippen LogP contribution in [-0.4, -0.2) is 7.11 Å². The van der Waals surface area contributed by atoms with Gasteiger partial charge >= 0.3 is 0 Å². The summed E-state index contributed by atoms with van der Waals surface area (Å²) in [7, 11) is 1.66. The van der Waals surface area contributed by atoms with Gasteiger partial charge in [-0.2, -0.15) is 0 Å². The Balaban J connectivity index is 1.81. The Morgan fingerprint density at radius 3 is 3.11 bits per heavy atom. The summed E-state index contributed by atoms with van der Waals surface area (Å²) in [5.74, 6) is 1.65. The summed E-state index contributed by atoms with van der Waals surface area (Å²) in [5, 5.41) is 0. The third-order valence-corrected chi connectivity index (χ3v) is 4.67. The van der Waals surface area contributed by atoms with Gasteiger partial charge in [0.05, 0.1) is 6.04 Å². The van der Waals surface area contributed by atoms with Gasteiger partial charge in [-0.1, -0.05) is 0 Å². The standard InChI is InChI=1S/C14H17NO2S/c1-16-8-10-5-6-11(17-10)14(15)13-7-9-3-2-4-12(9)18-13/h5-7,14H,2-4,8,15H2,1H3. The highest BCUT2D eigenvalue weighted by molar-refractivity contribution is 7.12. The average molecular weight is 263 g/mol. The van der Waals surface area contributed by atoms with E-state index in [1.165, 1.54) is 34.6 Å². The van der Waals surface area contributed by atoms with Crippen LogP contribution in [0.4, 0.5) is 0 Å². The van der Waals surface area contributed by atoms with Crippen LogP contribution in [0.2, 0.25) is 0 Å². The normalized spacial score (nSPS) is 15.9. The Hall–Kier alpha value is -1.10. The maximum Gasteiger partial charge on any atom is 0.129 e. The van der Waals surface area contributed by atoms with Crippen molar-refractivity contribution in [1.82, 2.24) is 0 Å². The molecule has 0 saturated carbocycles. The number of aryl methyl sites for hydroxylation is 2. The number of fused-ring (bicyclic) bond motifs is 1. The van der Waals surface area contributed by atoms with Crippen LogP contribution in [0.3, 0.4) is 0 Å². The fraction of sp³-hybridized carbons (Fsp3) is 0.429. The summed E-state index contributed by atoms with van der Waals surface area (Å²) < 4.78 is 10.7. The molecule has 1 unspecified atom stereocenters. The number of methoxy groups -OCH3 is 1. The highest BCUT2D eigenvalue weighted by Crippen LogP contribution is 2.35. The number of rotatable bonds is 4. The molecule has 4 heteroatoms.